The highest BCUT2D eigenvalue weighted by molar-refractivity contribution is 6.46. The number of methoxy groups -OCH3 is 2. The first-order valence-electron chi connectivity index (χ1n) is 7.94. The van der Waals surface area contributed by atoms with Gasteiger partial charge in [0, 0.05) is 18.3 Å². The van der Waals surface area contributed by atoms with Crippen LogP contribution in [-0.4, -0.2) is 38.8 Å². The van der Waals surface area contributed by atoms with E-state index in [4.69, 9.17) is 14.5 Å². The molecule has 0 amide bonds. The molecule has 0 aromatic heterocycles. The van der Waals surface area contributed by atoms with Gasteiger partial charge >= 0.3 is 5.97 Å². The molecular formula is C19H23N3O3. The van der Waals surface area contributed by atoms with Crippen molar-refractivity contribution in [2.24, 2.45) is 9.98 Å². The fourth-order valence-electron chi connectivity index (χ4n) is 2.72. The first-order chi connectivity index (χ1) is 12.1. The minimum atomic E-state index is -0.540. The van der Waals surface area contributed by atoms with Gasteiger partial charge in [-0.1, -0.05) is 24.3 Å². The number of amidine groups is 1. The second kappa shape index (κ2) is 8.28. The molecule has 1 aliphatic heterocycles. The number of hydrogen-bond donors (Lipinski definition) is 1. The van der Waals surface area contributed by atoms with Gasteiger partial charge in [-0.05, 0) is 26.0 Å². The second-order valence-electron chi connectivity index (χ2n) is 5.39. The van der Waals surface area contributed by atoms with E-state index in [-0.39, 0.29) is 0 Å². The average molecular weight is 341 g/mol. The Morgan fingerprint density at radius 3 is 2.64 bits per heavy atom. The van der Waals surface area contributed by atoms with E-state index in [1.54, 1.807) is 14.2 Å². The molecule has 1 N–H and O–H groups in total. The van der Waals surface area contributed by atoms with Crippen LogP contribution in [0.2, 0.25) is 0 Å². The Labute approximate surface area is 148 Å². The van der Waals surface area contributed by atoms with E-state index in [0.717, 1.165) is 5.56 Å². The molecule has 0 saturated carbocycles. The Morgan fingerprint density at radius 1 is 1.32 bits per heavy atom. The summed E-state index contributed by atoms with van der Waals surface area (Å²) in [5.74, 6) is 0.833. The van der Waals surface area contributed by atoms with Gasteiger partial charge in [0.1, 0.15) is 11.8 Å². The van der Waals surface area contributed by atoms with Gasteiger partial charge in [-0.3, -0.25) is 9.98 Å². The van der Waals surface area contributed by atoms with Crippen LogP contribution in [-0.2, 0) is 9.53 Å². The molecule has 1 aromatic rings. The first kappa shape index (κ1) is 18.4. The van der Waals surface area contributed by atoms with Crippen LogP contribution in [0.4, 0.5) is 0 Å². The number of ether oxygens (including phenoxy) is 2. The van der Waals surface area contributed by atoms with Crippen LogP contribution in [0.1, 0.15) is 25.5 Å². The average Bonchev–Trinajstić information content (AvgIpc) is 2.64. The molecule has 0 saturated heterocycles. The Balaban J connectivity index is 2.63. The van der Waals surface area contributed by atoms with Crippen molar-refractivity contribution < 1.29 is 14.3 Å². The summed E-state index contributed by atoms with van der Waals surface area (Å²) in [5.41, 5.74) is 2.62. The quantitative estimate of drug-likeness (QED) is 0.660. The number of carbonyl (C=O) groups is 1. The maximum absolute atomic E-state index is 12.4. The number of benzene rings is 1. The lowest BCUT2D eigenvalue weighted by atomic mass is 9.95. The Hall–Kier alpha value is -2.89. The zero-order chi connectivity index (χ0) is 18.4. The number of nitrogens with zero attached hydrogens (tertiary/aromatic N) is 2. The van der Waals surface area contributed by atoms with Crippen molar-refractivity contribution in [2.45, 2.75) is 19.9 Å². The van der Waals surface area contributed by atoms with Gasteiger partial charge in [0.15, 0.2) is 5.84 Å². The van der Waals surface area contributed by atoms with E-state index < -0.39 is 12.0 Å². The number of allylic oxidation sites excluding steroid dienone is 2. The van der Waals surface area contributed by atoms with Crippen molar-refractivity contribution in [3.05, 3.63) is 53.3 Å². The van der Waals surface area contributed by atoms with Crippen LogP contribution in [0, 0.1) is 0 Å². The smallest absolute Gasteiger partial charge is 0.338 e. The summed E-state index contributed by atoms with van der Waals surface area (Å²) < 4.78 is 10.4. The molecule has 1 aromatic carbocycles. The van der Waals surface area contributed by atoms with Gasteiger partial charge in [0.05, 0.1) is 25.5 Å². The molecule has 6 nitrogen and oxygen atoms in total. The molecule has 1 aliphatic rings. The number of nitrogens with one attached hydrogen (secondary N) is 1. The largest absolute Gasteiger partial charge is 0.496 e. The van der Waals surface area contributed by atoms with Gasteiger partial charge in [-0.15, -0.1) is 0 Å². The highest BCUT2D eigenvalue weighted by Crippen LogP contribution is 2.36. The van der Waals surface area contributed by atoms with Crippen molar-refractivity contribution in [3.63, 3.8) is 0 Å². The molecule has 0 fully saturated rings. The fraction of sp³-hybridized carbons (Fsp3) is 0.316. The van der Waals surface area contributed by atoms with Crippen LogP contribution in [0.15, 0.2) is 57.7 Å². The number of para-hydroxylation sites is 1. The molecule has 0 spiro atoms. The van der Waals surface area contributed by atoms with Crippen LogP contribution in [0.25, 0.3) is 0 Å². The highest BCUT2D eigenvalue weighted by atomic mass is 16.5. The third kappa shape index (κ3) is 3.79. The predicted octanol–water partition coefficient (Wildman–Crippen LogP) is 2.83. The van der Waals surface area contributed by atoms with Gasteiger partial charge in [0.2, 0.25) is 0 Å². The van der Waals surface area contributed by atoms with Crippen molar-refractivity contribution in [3.8, 4) is 5.75 Å². The summed E-state index contributed by atoms with van der Waals surface area (Å²) in [7, 11) is 4.66. The molecular weight excluding hydrogens is 318 g/mol. The zero-order valence-corrected chi connectivity index (χ0v) is 15.2. The maximum atomic E-state index is 12.4. The minimum absolute atomic E-state index is 0.426. The lowest BCUT2D eigenvalue weighted by molar-refractivity contribution is -0.136. The van der Waals surface area contributed by atoms with Gasteiger partial charge in [0.25, 0.3) is 0 Å². The van der Waals surface area contributed by atoms with Crippen LogP contribution in [0.5, 0.6) is 5.75 Å². The SMILES string of the molecule is C/C=C\C(=NC)C1=NC(c2ccccc2OC)C(C(=O)OC)=C(C)N1. The normalized spacial score (nSPS) is 18.0. The minimum Gasteiger partial charge on any atom is -0.496 e. The molecule has 0 aliphatic carbocycles. The third-order valence-electron chi connectivity index (χ3n) is 3.89. The van der Waals surface area contributed by atoms with Crippen LogP contribution >= 0.6 is 0 Å². The van der Waals surface area contributed by atoms with Crippen molar-refractivity contribution >= 4 is 17.5 Å². The van der Waals surface area contributed by atoms with Crippen LogP contribution in [0.3, 0.4) is 0 Å². The monoisotopic (exact) mass is 341 g/mol. The van der Waals surface area contributed by atoms with Crippen molar-refractivity contribution in [2.75, 3.05) is 21.3 Å². The Bertz CT molecular complexity index is 776. The van der Waals surface area contributed by atoms with Crippen molar-refractivity contribution in [1.82, 2.24) is 5.32 Å². The molecule has 1 heterocycles. The first-order valence-corrected chi connectivity index (χ1v) is 7.94. The predicted molar refractivity (Wildman–Crippen MR) is 99.2 cm³/mol. The summed E-state index contributed by atoms with van der Waals surface area (Å²) in [5, 5.41) is 3.16. The van der Waals surface area contributed by atoms with Gasteiger partial charge in [-0.25, -0.2) is 4.79 Å². The van der Waals surface area contributed by atoms with E-state index in [1.165, 1.54) is 7.11 Å². The van der Waals surface area contributed by atoms with Gasteiger partial charge < -0.3 is 14.8 Å². The molecule has 25 heavy (non-hydrogen) atoms. The van der Waals surface area contributed by atoms with E-state index >= 15 is 0 Å². The molecule has 132 valence electrons. The topological polar surface area (TPSA) is 72.3 Å². The number of rotatable bonds is 5. The number of esters is 1. The number of hydrogen-bond acceptors (Lipinski definition) is 6. The number of aliphatic imine (C=N–C) groups is 2. The van der Waals surface area contributed by atoms with Crippen LogP contribution < -0.4 is 10.1 Å². The lowest BCUT2D eigenvalue weighted by Crippen LogP contribution is -2.36. The molecule has 1 atom stereocenters. The summed E-state index contributed by atoms with van der Waals surface area (Å²) >= 11 is 0. The Morgan fingerprint density at radius 2 is 2.04 bits per heavy atom. The maximum Gasteiger partial charge on any atom is 0.338 e. The molecule has 2 rings (SSSR count). The molecule has 6 heteroatoms. The summed E-state index contributed by atoms with van der Waals surface area (Å²) in [6.45, 7) is 3.74. The molecule has 1 unspecified atom stereocenters. The standard InChI is InChI=1S/C19H23N3O3/c1-6-9-14(20-3)18-21-12(2)16(19(23)25-5)17(22-18)13-10-7-8-11-15(13)24-4/h6-11,17H,1-5H3,(H,21,22)/b9-6-,20-14?. The van der Waals surface area contributed by atoms with E-state index in [0.29, 0.717) is 28.6 Å². The summed E-state index contributed by atoms with van der Waals surface area (Å²) in [4.78, 5) is 21.4. The second-order valence-corrected chi connectivity index (χ2v) is 5.39. The van der Waals surface area contributed by atoms with E-state index in [2.05, 4.69) is 10.3 Å². The summed E-state index contributed by atoms with van der Waals surface area (Å²) in [6, 6.07) is 6.96. The van der Waals surface area contributed by atoms with E-state index in [1.807, 2.05) is 50.3 Å². The Kier molecular flexibility index (Phi) is 6.11. The lowest BCUT2D eigenvalue weighted by Gasteiger charge is -2.26. The molecule has 0 bridgehead atoms. The fourth-order valence-corrected chi connectivity index (χ4v) is 2.72. The highest BCUT2D eigenvalue weighted by Gasteiger charge is 2.32. The third-order valence-corrected chi connectivity index (χ3v) is 3.89. The molecule has 0 radical (unpaired) electrons. The van der Waals surface area contributed by atoms with E-state index in [9.17, 15) is 4.79 Å². The van der Waals surface area contributed by atoms with Gasteiger partial charge in [-0.2, -0.15) is 0 Å². The summed E-state index contributed by atoms with van der Waals surface area (Å²) in [6.07, 6.45) is 3.75. The van der Waals surface area contributed by atoms with Crippen molar-refractivity contribution in [1.29, 1.82) is 0 Å². The number of carbonyl (C=O) groups excluding carboxylic acids is 1. The zero-order valence-electron chi connectivity index (χ0n) is 15.2.